The Labute approximate surface area is 175 Å². The summed E-state index contributed by atoms with van der Waals surface area (Å²) in [5.41, 5.74) is 4.20. The minimum Gasteiger partial charge on any atom is -0.495 e. The van der Waals surface area contributed by atoms with Crippen molar-refractivity contribution in [2.24, 2.45) is 0 Å². The number of aryl methyl sites for hydroxylation is 2. The number of methoxy groups -OCH3 is 1. The minimum atomic E-state index is -0.833. The highest BCUT2D eigenvalue weighted by Crippen LogP contribution is 2.38. The molecule has 0 bridgehead atoms. The smallest absolute Gasteiger partial charge is 0.349 e. The molecular weight excluding hydrogens is 382 g/mol. The Kier molecular flexibility index (Phi) is 6.26. The first-order valence-corrected chi connectivity index (χ1v) is 9.76. The molecule has 0 radical (unpaired) electrons. The lowest BCUT2D eigenvalue weighted by Crippen LogP contribution is -2.21. The van der Waals surface area contributed by atoms with Gasteiger partial charge in [0.15, 0.2) is 6.61 Å². The summed E-state index contributed by atoms with van der Waals surface area (Å²) in [4.78, 5) is 24.5. The molecule has 0 atom stereocenters. The average Bonchev–Trinajstić information content (AvgIpc) is 3.50. The van der Waals surface area contributed by atoms with E-state index < -0.39 is 18.5 Å². The number of anilines is 1. The summed E-state index contributed by atoms with van der Waals surface area (Å²) in [6.07, 6.45) is 3.81. The summed E-state index contributed by atoms with van der Waals surface area (Å²) < 4.78 is 12.5. The molecule has 0 aliphatic heterocycles. The maximum absolute atomic E-state index is 12.3. The maximum Gasteiger partial charge on any atom is 0.349 e. The molecule has 1 heterocycles. The molecular formula is C23H25N3O4. The Morgan fingerprint density at radius 1 is 1.27 bits per heavy atom. The molecule has 0 spiro atoms. The van der Waals surface area contributed by atoms with Gasteiger partial charge in [0.1, 0.15) is 17.4 Å². The number of aromatic nitrogens is 1. The highest BCUT2D eigenvalue weighted by molar-refractivity contribution is 6.00. The molecule has 1 saturated carbocycles. The van der Waals surface area contributed by atoms with E-state index in [1.165, 1.54) is 13.2 Å². The third-order valence-electron chi connectivity index (χ3n) is 5.04. The largest absolute Gasteiger partial charge is 0.495 e. The SMILES string of the molecule is COc1ccc(C)cc1NC(=O)COC(=O)/C(C#N)=C/c1cc(C)n(C2CC2)c1C. The van der Waals surface area contributed by atoms with Crippen molar-refractivity contribution in [1.29, 1.82) is 5.26 Å². The highest BCUT2D eigenvalue weighted by Gasteiger charge is 2.27. The van der Waals surface area contributed by atoms with Crippen LogP contribution in [-0.4, -0.2) is 30.2 Å². The molecule has 156 valence electrons. The van der Waals surface area contributed by atoms with E-state index in [9.17, 15) is 14.9 Å². The molecule has 1 aromatic heterocycles. The first-order chi connectivity index (χ1) is 14.3. The number of rotatable bonds is 7. The summed E-state index contributed by atoms with van der Waals surface area (Å²) >= 11 is 0. The number of hydrogen-bond acceptors (Lipinski definition) is 5. The van der Waals surface area contributed by atoms with Crippen LogP contribution in [0.1, 0.15) is 41.4 Å². The van der Waals surface area contributed by atoms with Gasteiger partial charge in [0, 0.05) is 17.4 Å². The molecule has 1 fully saturated rings. The van der Waals surface area contributed by atoms with E-state index in [1.54, 1.807) is 12.1 Å². The van der Waals surface area contributed by atoms with Crippen LogP contribution in [0.5, 0.6) is 5.75 Å². The monoisotopic (exact) mass is 407 g/mol. The first-order valence-electron chi connectivity index (χ1n) is 9.76. The normalized spacial score (nSPS) is 13.5. The van der Waals surface area contributed by atoms with Crippen LogP contribution in [0, 0.1) is 32.1 Å². The van der Waals surface area contributed by atoms with E-state index in [1.807, 2.05) is 39.0 Å². The number of carbonyl (C=O) groups excluding carboxylic acids is 2. The van der Waals surface area contributed by atoms with Crippen molar-refractivity contribution in [3.8, 4) is 11.8 Å². The second kappa shape index (κ2) is 8.87. The number of benzene rings is 1. The number of nitriles is 1. The van der Waals surface area contributed by atoms with Gasteiger partial charge in [-0.3, -0.25) is 4.79 Å². The van der Waals surface area contributed by atoms with E-state index >= 15 is 0 Å². The number of carbonyl (C=O) groups is 2. The van der Waals surface area contributed by atoms with Crippen LogP contribution >= 0.6 is 0 Å². The fourth-order valence-corrected chi connectivity index (χ4v) is 3.45. The van der Waals surface area contributed by atoms with Gasteiger partial charge in [0.25, 0.3) is 5.91 Å². The van der Waals surface area contributed by atoms with Crippen molar-refractivity contribution in [3.05, 3.63) is 52.4 Å². The van der Waals surface area contributed by atoms with Crippen LogP contribution in [0.4, 0.5) is 5.69 Å². The lowest BCUT2D eigenvalue weighted by molar-refractivity contribution is -0.142. The number of ether oxygens (including phenoxy) is 2. The summed E-state index contributed by atoms with van der Waals surface area (Å²) in [7, 11) is 1.50. The summed E-state index contributed by atoms with van der Waals surface area (Å²) in [6.45, 7) is 5.37. The third-order valence-corrected chi connectivity index (χ3v) is 5.04. The van der Waals surface area contributed by atoms with Crippen LogP contribution in [0.3, 0.4) is 0 Å². The fourth-order valence-electron chi connectivity index (χ4n) is 3.45. The Morgan fingerprint density at radius 2 is 2.00 bits per heavy atom. The molecule has 1 N–H and O–H groups in total. The zero-order valence-electron chi connectivity index (χ0n) is 17.6. The van der Waals surface area contributed by atoms with Gasteiger partial charge in [-0.15, -0.1) is 0 Å². The van der Waals surface area contributed by atoms with E-state index in [0.717, 1.165) is 35.4 Å². The minimum absolute atomic E-state index is 0.146. The quantitative estimate of drug-likeness (QED) is 0.427. The molecule has 3 rings (SSSR count). The van der Waals surface area contributed by atoms with Crippen molar-refractivity contribution < 1.29 is 19.1 Å². The standard InChI is InChI=1S/C23H25N3O4/c1-14-5-8-21(29-4)20(9-14)25-22(27)13-30-23(28)18(12-24)11-17-10-15(2)26(16(17)3)19-6-7-19/h5,8-11,19H,6-7,13H2,1-4H3,(H,25,27)/b18-11+. The number of hydrogen-bond donors (Lipinski definition) is 1. The van der Waals surface area contributed by atoms with E-state index in [4.69, 9.17) is 9.47 Å². The predicted molar refractivity (Wildman–Crippen MR) is 113 cm³/mol. The molecule has 30 heavy (non-hydrogen) atoms. The number of nitrogens with one attached hydrogen (secondary N) is 1. The van der Waals surface area contributed by atoms with Gasteiger partial charge in [-0.25, -0.2) is 4.79 Å². The summed E-state index contributed by atoms with van der Waals surface area (Å²) in [5, 5.41) is 12.1. The Balaban J connectivity index is 1.65. The molecule has 7 heteroatoms. The van der Waals surface area contributed by atoms with Crippen molar-refractivity contribution >= 4 is 23.6 Å². The molecule has 0 unspecified atom stereocenters. The molecule has 0 saturated heterocycles. The van der Waals surface area contributed by atoms with Crippen LogP contribution < -0.4 is 10.1 Å². The van der Waals surface area contributed by atoms with Gasteiger partial charge >= 0.3 is 5.97 Å². The second-order valence-corrected chi connectivity index (χ2v) is 7.43. The van der Waals surface area contributed by atoms with Gasteiger partial charge in [0.05, 0.1) is 12.8 Å². The van der Waals surface area contributed by atoms with Crippen LogP contribution in [0.2, 0.25) is 0 Å². The summed E-state index contributed by atoms with van der Waals surface area (Å²) in [6, 6.07) is 9.70. The van der Waals surface area contributed by atoms with Gasteiger partial charge in [-0.2, -0.15) is 5.26 Å². The first kappa shape index (κ1) is 21.2. The maximum atomic E-state index is 12.3. The highest BCUT2D eigenvalue weighted by atomic mass is 16.5. The lowest BCUT2D eigenvalue weighted by atomic mass is 10.1. The van der Waals surface area contributed by atoms with Gasteiger partial charge in [0.2, 0.25) is 0 Å². The molecule has 2 aromatic rings. The van der Waals surface area contributed by atoms with Crippen LogP contribution in [0.15, 0.2) is 29.8 Å². The van der Waals surface area contributed by atoms with Crippen molar-refractivity contribution in [2.75, 3.05) is 19.0 Å². The van der Waals surface area contributed by atoms with Crippen molar-refractivity contribution in [1.82, 2.24) is 4.57 Å². The van der Waals surface area contributed by atoms with Crippen LogP contribution in [0.25, 0.3) is 6.08 Å². The molecule has 1 aliphatic rings. The van der Waals surface area contributed by atoms with E-state index in [2.05, 4.69) is 9.88 Å². The molecule has 7 nitrogen and oxygen atoms in total. The fraction of sp³-hybridized carbons (Fsp3) is 0.348. The predicted octanol–water partition coefficient (Wildman–Crippen LogP) is 3.85. The third kappa shape index (κ3) is 4.71. The van der Waals surface area contributed by atoms with Gasteiger partial charge < -0.3 is 19.4 Å². The Hall–Kier alpha value is -3.53. The molecule has 1 aromatic carbocycles. The van der Waals surface area contributed by atoms with Crippen molar-refractivity contribution in [3.63, 3.8) is 0 Å². The zero-order chi connectivity index (χ0) is 21.8. The van der Waals surface area contributed by atoms with E-state index in [-0.39, 0.29) is 5.57 Å². The average molecular weight is 407 g/mol. The summed E-state index contributed by atoms with van der Waals surface area (Å²) in [5.74, 6) is -0.847. The topological polar surface area (TPSA) is 93.3 Å². The Bertz CT molecular complexity index is 1060. The Morgan fingerprint density at radius 3 is 2.63 bits per heavy atom. The molecule has 1 amide bonds. The lowest BCUT2D eigenvalue weighted by Gasteiger charge is -2.11. The second-order valence-electron chi connectivity index (χ2n) is 7.43. The van der Waals surface area contributed by atoms with Crippen LogP contribution in [-0.2, 0) is 14.3 Å². The van der Waals surface area contributed by atoms with Gasteiger partial charge in [-0.05, 0) is 69.0 Å². The van der Waals surface area contributed by atoms with E-state index in [0.29, 0.717) is 17.5 Å². The number of amides is 1. The number of esters is 1. The zero-order valence-corrected chi connectivity index (χ0v) is 17.6. The van der Waals surface area contributed by atoms with Gasteiger partial charge in [-0.1, -0.05) is 6.07 Å². The number of nitrogens with zero attached hydrogens (tertiary/aromatic N) is 2. The van der Waals surface area contributed by atoms with Crippen molar-refractivity contribution in [2.45, 2.75) is 39.7 Å². The molecule has 1 aliphatic carbocycles.